The van der Waals surface area contributed by atoms with Crippen molar-refractivity contribution in [3.05, 3.63) is 59.3 Å². The van der Waals surface area contributed by atoms with Crippen LogP contribution in [-0.4, -0.2) is 58.6 Å². The van der Waals surface area contributed by atoms with Crippen LogP contribution in [0.5, 0.6) is 17.2 Å². The lowest BCUT2D eigenvalue weighted by molar-refractivity contribution is 0.0495. The molecule has 0 saturated carbocycles. The summed E-state index contributed by atoms with van der Waals surface area (Å²) in [6.45, 7) is 6.06. The van der Waals surface area contributed by atoms with E-state index < -0.39 is 6.04 Å². The molecule has 0 radical (unpaired) electrons. The van der Waals surface area contributed by atoms with Crippen LogP contribution < -0.4 is 9.47 Å². The minimum absolute atomic E-state index is 0.00828. The fourth-order valence-electron chi connectivity index (χ4n) is 4.86. The molecule has 178 valence electrons. The first kappa shape index (κ1) is 22.3. The van der Waals surface area contributed by atoms with E-state index in [-0.39, 0.29) is 17.8 Å². The van der Waals surface area contributed by atoms with Gasteiger partial charge in [0.25, 0.3) is 5.91 Å². The third kappa shape index (κ3) is 3.88. The second-order valence-electron chi connectivity index (χ2n) is 8.45. The van der Waals surface area contributed by atoms with Crippen molar-refractivity contribution in [2.75, 3.05) is 26.4 Å². The number of ether oxygens (including phenoxy) is 3. The summed E-state index contributed by atoms with van der Waals surface area (Å²) in [6.07, 6.45) is 1.90. The molecule has 2 aliphatic heterocycles. The van der Waals surface area contributed by atoms with Crippen molar-refractivity contribution in [1.82, 2.24) is 15.1 Å². The number of nitrogens with zero attached hydrogens (tertiary/aromatic N) is 2. The SMILES string of the molecule is CCOc1ccc(C2c3c(-c4ccccc4O)n[nH]c3C(=O)N2CC2CCCO2)cc1OCC. The number of hydrogen-bond donors (Lipinski definition) is 2. The summed E-state index contributed by atoms with van der Waals surface area (Å²) >= 11 is 0. The first-order chi connectivity index (χ1) is 16.6. The van der Waals surface area contributed by atoms with E-state index in [1.807, 2.05) is 43.0 Å². The van der Waals surface area contributed by atoms with Crippen LogP contribution in [0, 0.1) is 0 Å². The Morgan fingerprint density at radius 2 is 1.94 bits per heavy atom. The first-order valence-corrected chi connectivity index (χ1v) is 11.8. The number of carbonyl (C=O) groups excluding carboxylic acids is 1. The van der Waals surface area contributed by atoms with Crippen LogP contribution in [0.1, 0.15) is 54.3 Å². The van der Waals surface area contributed by atoms with Gasteiger partial charge in [-0.15, -0.1) is 0 Å². The van der Waals surface area contributed by atoms with Gasteiger partial charge in [-0.05, 0) is 56.5 Å². The molecule has 2 aromatic carbocycles. The number of carbonyl (C=O) groups is 1. The average molecular weight is 464 g/mol. The van der Waals surface area contributed by atoms with E-state index in [0.717, 1.165) is 24.0 Å². The van der Waals surface area contributed by atoms with Crippen LogP contribution in [0.4, 0.5) is 0 Å². The van der Waals surface area contributed by atoms with Crippen LogP contribution in [0.3, 0.4) is 0 Å². The molecule has 1 saturated heterocycles. The molecule has 5 rings (SSSR count). The molecular weight excluding hydrogens is 434 g/mol. The minimum Gasteiger partial charge on any atom is -0.507 e. The normalized spacial score (nSPS) is 19.5. The highest BCUT2D eigenvalue weighted by molar-refractivity contribution is 6.00. The number of aromatic nitrogens is 2. The fraction of sp³-hybridized carbons (Fsp3) is 0.385. The van der Waals surface area contributed by atoms with Crippen LogP contribution in [-0.2, 0) is 4.74 Å². The maximum atomic E-state index is 13.6. The maximum Gasteiger partial charge on any atom is 0.273 e. The largest absolute Gasteiger partial charge is 0.507 e. The number of para-hydroxylation sites is 1. The van der Waals surface area contributed by atoms with Crippen molar-refractivity contribution in [2.24, 2.45) is 0 Å². The molecule has 8 heteroatoms. The minimum atomic E-state index is -0.407. The number of hydrogen-bond acceptors (Lipinski definition) is 6. The molecule has 2 N–H and O–H groups in total. The number of aromatic amines is 1. The molecule has 34 heavy (non-hydrogen) atoms. The van der Waals surface area contributed by atoms with Crippen molar-refractivity contribution < 1.29 is 24.1 Å². The number of H-pyrrole nitrogens is 1. The van der Waals surface area contributed by atoms with Crippen molar-refractivity contribution in [1.29, 1.82) is 0 Å². The molecule has 2 atom stereocenters. The summed E-state index contributed by atoms with van der Waals surface area (Å²) in [5.41, 5.74) is 3.21. The Kier molecular flexibility index (Phi) is 6.15. The number of fused-ring (bicyclic) bond motifs is 1. The van der Waals surface area contributed by atoms with Gasteiger partial charge in [-0.2, -0.15) is 5.10 Å². The van der Waals surface area contributed by atoms with Gasteiger partial charge in [-0.1, -0.05) is 18.2 Å². The number of benzene rings is 2. The van der Waals surface area contributed by atoms with E-state index in [4.69, 9.17) is 14.2 Å². The first-order valence-electron chi connectivity index (χ1n) is 11.8. The molecule has 1 amide bonds. The number of aromatic hydroxyl groups is 1. The Balaban J connectivity index is 1.64. The van der Waals surface area contributed by atoms with Gasteiger partial charge in [0.05, 0.1) is 25.4 Å². The third-order valence-corrected chi connectivity index (χ3v) is 6.33. The molecule has 2 unspecified atom stereocenters. The van der Waals surface area contributed by atoms with Crippen LogP contribution >= 0.6 is 0 Å². The summed E-state index contributed by atoms with van der Waals surface area (Å²) in [6, 6.07) is 12.4. The highest BCUT2D eigenvalue weighted by atomic mass is 16.5. The van der Waals surface area contributed by atoms with Crippen molar-refractivity contribution in [3.63, 3.8) is 0 Å². The van der Waals surface area contributed by atoms with Crippen LogP contribution in [0.15, 0.2) is 42.5 Å². The summed E-state index contributed by atoms with van der Waals surface area (Å²) in [7, 11) is 0. The molecule has 0 spiro atoms. The van der Waals surface area contributed by atoms with Gasteiger partial charge in [0, 0.05) is 24.3 Å². The smallest absolute Gasteiger partial charge is 0.273 e. The van der Waals surface area contributed by atoms with E-state index in [0.29, 0.717) is 54.8 Å². The zero-order valence-electron chi connectivity index (χ0n) is 19.4. The Morgan fingerprint density at radius 1 is 1.15 bits per heavy atom. The van der Waals surface area contributed by atoms with Crippen molar-refractivity contribution >= 4 is 5.91 Å². The molecule has 1 aromatic heterocycles. The van der Waals surface area contributed by atoms with Gasteiger partial charge < -0.3 is 24.2 Å². The lowest BCUT2D eigenvalue weighted by Gasteiger charge is -2.29. The molecular formula is C26H29N3O5. The van der Waals surface area contributed by atoms with Gasteiger partial charge in [0.2, 0.25) is 0 Å². The third-order valence-electron chi connectivity index (χ3n) is 6.33. The maximum absolute atomic E-state index is 13.6. The van der Waals surface area contributed by atoms with Crippen LogP contribution in [0.2, 0.25) is 0 Å². The molecule has 0 bridgehead atoms. The predicted molar refractivity (Wildman–Crippen MR) is 126 cm³/mol. The fourth-order valence-corrected chi connectivity index (χ4v) is 4.86. The van der Waals surface area contributed by atoms with Gasteiger partial charge in [-0.3, -0.25) is 9.89 Å². The second kappa shape index (κ2) is 9.38. The Morgan fingerprint density at radius 3 is 2.68 bits per heavy atom. The standard InChI is InChI=1S/C26H29N3O5/c1-3-32-20-12-11-16(14-21(20)33-4-2)25-22-23(18-9-5-6-10-19(18)30)27-28-24(22)26(31)29(25)15-17-8-7-13-34-17/h5-6,9-12,14,17,25,30H,3-4,7-8,13,15H2,1-2H3,(H,27,28). The van der Waals surface area contributed by atoms with E-state index in [9.17, 15) is 9.90 Å². The Hall–Kier alpha value is -3.52. The van der Waals surface area contributed by atoms with Gasteiger partial charge in [-0.25, -0.2) is 0 Å². The van der Waals surface area contributed by atoms with E-state index >= 15 is 0 Å². The van der Waals surface area contributed by atoms with Gasteiger partial charge in [0.15, 0.2) is 11.5 Å². The van der Waals surface area contributed by atoms with Gasteiger partial charge >= 0.3 is 0 Å². The molecule has 1 fully saturated rings. The average Bonchev–Trinajstić information content (AvgIpc) is 3.56. The Bertz CT molecular complexity index is 1180. The van der Waals surface area contributed by atoms with E-state index in [2.05, 4.69) is 10.2 Å². The Labute approximate surface area is 198 Å². The molecule has 3 aromatic rings. The lowest BCUT2D eigenvalue weighted by atomic mass is 9.95. The monoisotopic (exact) mass is 463 g/mol. The second-order valence-corrected chi connectivity index (χ2v) is 8.45. The number of nitrogens with one attached hydrogen (secondary N) is 1. The topological polar surface area (TPSA) is 96.9 Å². The van der Waals surface area contributed by atoms with E-state index in [1.54, 1.807) is 18.2 Å². The van der Waals surface area contributed by atoms with Gasteiger partial charge in [0.1, 0.15) is 17.1 Å². The predicted octanol–water partition coefficient (Wildman–Crippen LogP) is 4.30. The molecule has 8 nitrogen and oxygen atoms in total. The quantitative estimate of drug-likeness (QED) is 0.517. The number of phenols is 1. The number of phenolic OH excluding ortho intramolecular Hbond substituents is 1. The number of rotatable bonds is 8. The van der Waals surface area contributed by atoms with Crippen molar-refractivity contribution in [3.8, 4) is 28.5 Å². The summed E-state index contributed by atoms with van der Waals surface area (Å²) in [5, 5.41) is 17.9. The summed E-state index contributed by atoms with van der Waals surface area (Å²) in [4.78, 5) is 15.4. The molecule has 3 heterocycles. The highest BCUT2D eigenvalue weighted by Gasteiger charge is 2.44. The zero-order valence-corrected chi connectivity index (χ0v) is 19.4. The molecule has 0 aliphatic carbocycles. The highest BCUT2D eigenvalue weighted by Crippen LogP contribution is 2.46. The summed E-state index contributed by atoms with van der Waals surface area (Å²) in [5.74, 6) is 1.28. The number of amides is 1. The van der Waals surface area contributed by atoms with E-state index in [1.165, 1.54) is 0 Å². The molecule has 2 aliphatic rings. The zero-order chi connectivity index (χ0) is 23.7. The summed E-state index contributed by atoms with van der Waals surface area (Å²) < 4.78 is 17.5. The van der Waals surface area contributed by atoms with Crippen LogP contribution in [0.25, 0.3) is 11.3 Å². The lowest BCUT2D eigenvalue weighted by Crippen LogP contribution is -2.36. The van der Waals surface area contributed by atoms with Crippen molar-refractivity contribution in [2.45, 2.75) is 38.8 Å².